The second-order valence-electron chi connectivity index (χ2n) is 7.66. The van der Waals surface area contributed by atoms with Gasteiger partial charge < -0.3 is 29.6 Å². The molecule has 0 radical (unpaired) electrons. The van der Waals surface area contributed by atoms with Crippen LogP contribution in [0.5, 0.6) is 17.2 Å². The molecule has 0 saturated carbocycles. The highest BCUT2D eigenvalue weighted by atomic mass is 35.5. The molecular formula is C24H29ClN2O7. The largest absolute Gasteiger partial charge is 0.495 e. The minimum atomic E-state index is -0.686. The van der Waals surface area contributed by atoms with Gasteiger partial charge >= 0.3 is 5.97 Å². The van der Waals surface area contributed by atoms with Crippen LogP contribution in [0, 0.1) is 5.92 Å². The summed E-state index contributed by atoms with van der Waals surface area (Å²) in [6.45, 7) is 3.91. The standard InChI is InChI=1S/C24H29ClN2O7/c1-15(2)9-10-26-22(28)13-34-24(30)16-5-7-20(21(11-16)32-4)33-14-23(29)27-18-12-17(25)6-8-19(18)31-3/h5-8,11-12,15H,9-10,13-14H2,1-4H3,(H,26,28)(H,27,29). The molecule has 2 rings (SSSR count). The molecule has 0 heterocycles. The van der Waals surface area contributed by atoms with Crippen LogP contribution in [0.15, 0.2) is 36.4 Å². The number of ether oxygens (including phenoxy) is 4. The summed E-state index contributed by atoms with van der Waals surface area (Å²) in [7, 11) is 2.88. The van der Waals surface area contributed by atoms with Crippen LogP contribution >= 0.6 is 11.6 Å². The second kappa shape index (κ2) is 13.3. The van der Waals surface area contributed by atoms with Crippen LogP contribution in [-0.4, -0.2) is 51.8 Å². The molecule has 9 nitrogen and oxygen atoms in total. The zero-order valence-corrected chi connectivity index (χ0v) is 20.4. The van der Waals surface area contributed by atoms with E-state index in [4.69, 9.17) is 30.5 Å². The molecule has 0 atom stereocenters. The fraction of sp³-hybridized carbons (Fsp3) is 0.375. The second-order valence-corrected chi connectivity index (χ2v) is 8.09. The van der Waals surface area contributed by atoms with Crippen molar-refractivity contribution in [3.8, 4) is 17.2 Å². The number of hydrogen-bond acceptors (Lipinski definition) is 7. The predicted molar refractivity (Wildman–Crippen MR) is 128 cm³/mol. The molecule has 0 fully saturated rings. The van der Waals surface area contributed by atoms with E-state index in [-0.39, 0.29) is 36.2 Å². The Kier molecular flexibility index (Phi) is 10.5. The van der Waals surface area contributed by atoms with E-state index in [1.165, 1.54) is 32.4 Å². The number of amides is 2. The Labute approximate surface area is 203 Å². The highest BCUT2D eigenvalue weighted by molar-refractivity contribution is 6.31. The number of methoxy groups -OCH3 is 2. The van der Waals surface area contributed by atoms with E-state index in [1.54, 1.807) is 18.2 Å². The van der Waals surface area contributed by atoms with Crippen molar-refractivity contribution >= 4 is 35.1 Å². The molecule has 0 aromatic heterocycles. The Bertz CT molecular complexity index is 1010. The number of rotatable bonds is 12. The quantitative estimate of drug-likeness (QED) is 0.434. The fourth-order valence-electron chi connectivity index (χ4n) is 2.79. The first-order valence-electron chi connectivity index (χ1n) is 10.6. The summed E-state index contributed by atoms with van der Waals surface area (Å²) in [4.78, 5) is 36.4. The molecule has 0 bridgehead atoms. The average Bonchev–Trinajstić information content (AvgIpc) is 2.81. The number of benzene rings is 2. The van der Waals surface area contributed by atoms with Crippen LogP contribution in [0.25, 0.3) is 0 Å². The van der Waals surface area contributed by atoms with Gasteiger partial charge in [0.15, 0.2) is 24.7 Å². The maximum Gasteiger partial charge on any atom is 0.338 e. The van der Waals surface area contributed by atoms with Gasteiger partial charge in [-0.3, -0.25) is 9.59 Å². The fourth-order valence-corrected chi connectivity index (χ4v) is 2.96. The number of hydrogen-bond donors (Lipinski definition) is 2. The lowest BCUT2D eigenvalue weighted by Crippen LogP contribution is -2.30. The van der Waals surface area contributed by atoms with Crippen molar-refractivity contribution < 1.29 is 33.3 Å². The number of esters is 1. The van der Waals surface area contributed by atoms with Gasteiger partial charge in [0.2, 0.25) is 0 Å². The zero-order chi connectivity index (χ0) is 25.1. The molecule has 0 saturated heterocycles. The van der Waals surface area contributed by atoms with Crippen LogP contribution in [-0.2, 0) is 14.3 Å². The van der Waals surface area contributed by atoms with Crippen molar-refractivity contribution in [2.45, 2.75) is 20.3 Å². The van der Waals surface area contributed by atoms with E-state index in [2.05, 4.69) is 24.5 Å². The third-order valence-electron chi connectivity index (χ3n) is 4.57. The molecule has 2 aromatic carbocycles. The van der Waals surface area contributed by atoms with Gasteiger partial charge in [-0.25, -0.2) is 4.79 Å². The van der Waals surface area contributed by atoms with E-state index in [1.807, 2.05) is 0 Å². The van der Waals surface area contributed by atoms with Gasteiger partial charge in [0, 0.05) is 11.6 Å². The first-order chi connectivity index (χ1) is 16.2. The van der Waals surface area contributed by atoms with Crippen LogP contribution < -0.4 is 24.8 Å². The molecule has 0 aliphatic rings. The van der Waals surface area contributed by atoms with E-state index in [0.717, 1.165) is 6.42 Å². The third-order valence-corrected chi connectivity index (χ3v) is 4.81. The van der Waals surface area contributed by atoms with Gasteiger partial charge in [0.25, 0.3) is 11.8 Å². The molecule has 0 aliphatic heterocycles. The predicted octanol–water partition coefficient (Wildman–Crippen LogP) is 3.69. The zero-order valence-electron chi connectivity index (χ0n) is 19.6. The molecule has 34 heavy (non-hydrogen) atoms. The minimum Gasteiger partial charge on any atom is -0.495 e. The van der Waals surface area contributed by atoms with Crippen molar-refractivity contribution in [1.29, 1.82) is 0 Å². The maximum atomic E-state index is 12.3. The molecule has 2 N–H and O–H groups in total. The average molecular weight is 493 g/mol. The van der Waals surface area contributed by atoms with Gasteiger partial charge in [0.1, 0.15) is 5.75 Å². The van der Waals surface area contributed by atoms with E-state index in [9.17, 15) is 14.4 Å². The van der Waals surface area contributed by atoms with Crippen molar-refractivity contribution in [3.63, 3.8) is 0 Å². The number of anilines is 1. The Hall–Kier alpha value is -3.46. The molecule has 10 heteroatoms. The third kappa shape index (κ3) is 8.47. The summed E-state index contributed by atoms with van der Waals surface area (Å²) in [5, 5.41) is 5.79. The molecule has 2 amide bonds. The lowest BCUT2D eigenvalue weighted by atomic mass is 10.1. The lowest BCUT2D eigenvalue weighted by molar-refractivity contribution is -0.124. The van der Waals surface area contributed by atoms with Crippen LogP contribution in [0.1, 0.15) is 30.6 Å². The van der Waals surface area contributed by atoms with Crippen molar-refractivity contribution in [2.24, 2.45) is 5.92 Å². The number of carbonyl (C=O) groups is 3. The Balaban J connectivity index is 1.92. The summed E-state index contributed by atoms with van der Waals surface area (Å²) >= 11 is 5.97. The van der Waals surface area contributed by atoms with Crippen LogP contribution in [0.3, 0.4) is 0 Å². The molecule has 184 valence electrons. The molecule has 2 aromatic rings. The summed E-state index contributed by atoms with van der Waals surface area (Å²) in [5.74, 6) is -0.122. The monoisotopic (exact) mass is 492 g/mol. The normalized spacial score (nSPS) is 10.4. The van der Waals surface area contributed by atoms with Crippen LogP contribution in [0.2, 0.25) is 5.02 Å². The van der Waals surface area contributed by atoms with Crippen LogP contribution in [0.4, 0.5) is 5.69 Å². The van der Waals surface area contributed by atoms with E-state index < -0.39 is 11.9 Å². The molecule has 0 spiro atoms. The van der Waals surface area contributed by atoms with Gasteiger partial charge in [-0.1, -0.05) is 25.4 Å². The van der Waals surface area contributed by atoms with E-state index in [0.29, 0.717) is 28.9 Å². The highest BCUT2D eigenvalue weighted by Gasteiger charge is 2.16. The summed E-state index contributed by atoms with van der Waals surface area (Å²) in [5.41, 5.74) is 0.578. The Morgan fingerprint density at radius 1 is 0.912 bits per heavy atom. The molecular weight excluding hydrogens is 464 g/mol. The summed E-state index contributed by atoms with van der Waals surface area (Å²) in [6, 6.07) is 9.18. The van der Waals surface area contributed by atoms with Crippen molar-refractivity contribution in [1.82, 2.24) is 5.32 Å². The maximum absolute atomic E-state index is 12.3. The first-order valence-corrected chi connectivity index (χ1v) is 11.0. The summed E-state index contributed by atoms with van der Waals surface area (Å²) in [6.07, 6.45) is 0.836. The lowest BCUT2D eigenvalue weighted by Gasteiger charge is -2.13. The minimum absolute atomic E-state index is 0.173. The van der Waals surface area contributed by atoms with Crippen molar-refractivity contribution in [2.75, 3.05) is 39.3 Å². The summed E-state index contributed by atoms with van der Waals surface area (Å²) < 4.78 is 21.0. The van der Waals surface area contributed by atoms with Gasteiger partial charge in [-0.2, -0.15) is 0 Å². The van der Waals surface area contributed by atoms with Gasteiger partial charge in [0.05, 0.1) is 25.5 Å². The number of carbonyl (C=O) groups excluding carboxylic acids is 3. The van der Waals surface area contributed by atoms with E-state index >= 15 is 0 Å². The Morgan fingerprint density at radius 2 is 1.62 bits per heavy atom. The number of halogens is 1. The molecule has 0 unspecified atom stereocenters. The molecule has 0 aliphatic carbocycles. The topological polar surface area (TPSA) is 112 Å². The van der Waals surface area contributed by atoms with Gasteiger partial charge in [-0.15, -0.1) is 0 Å². The number of nitrogens with one attached hydrogen (secondary N) is 2. The highest BCUT2D eigenvalue weighted by Crippen LogP contribution is 2.29. The Morgan fingerprint density at radius 3 is 2.29 bits per heavy atom. The smallest absolute Gasteiger partial charge is 0.338 e. The van der Waals surface area contributed by atoms with Crippen molar-refractivity contribution in [3.05, 3.63) is 47.0 Å². The van der Waals surface area contributed by atoms with Gasteiger partial charge in [-0.05, 0) is 48.7 Å². The SMILES string of the molecule is COc1ccc(Cl)cc1NC(=O)COc1ccc(C(=O)OCC(=O)NCCC(C)C)cc1OC. The first kappa shape index (κ1) is 26.8.